The van der Waals surface area contributed by atoms with E-state index in [0.29, 0.717) is 10.7 Å². The fraction of sp³-hybridized carbons (Fsp3) is 0.353. The number of carbonyl (C=O) groups is 1. The van der Waals surface area contributed by atoms with Gasteiger partial charge in [0.25, 0.3) is 15.9 Å². The number of aryl methyl sites for hydroxylation is 2. The first-order valence-electron chi connectivity index (χ1n) is 7.78. The van der Waals surface area contributed by atoms with Crippen molar-refractivity contribution >= 4 is 33.2 Å². The molecular formula is C17H21ClN2O5S. The van der Waals surface area contributed by atoms with Crippen LogP contribution >= 0.6 is 11.6 Å². The molecule has 0 aliphatic heterocycles. The Morgan fingerprint density at radius 1 is 1.23 bits per heavy atom. The molecular weight excluding hydrogens is 380 g/mol. The number of carbonyl (C=O) groups excluding carboxylic acids is 1. The fourth-order valence-electron chi connectivity index (χ4n) is 2.37. The van der Waals surface area contributed by atoms with E-state index in [2.05, 4.69) is 5.32 Å². The van der Waals surface area contributed by atoms with Crippen LogP contribution in [-0.4, -0.2) is 26.0 Å². The molecule has 0 saturated heterocycles. The Hall–Kier alpha value is -2.03. The fourth-order valence-corrected chi connectivity index (χ4v) is 3.63. The van der Waals surface area contributed by atoms with Crippen molar-refractivity contribution in [3.8, 4) is 0 Å². The molecule has 0 fully saturated rings. The molecule has 0 radical (unpaired) electrons. The molecule has 0 aliphatic carbocycles. The smallest absolute Gasteiger partial charge is 0.297 e. The van der Waals surface area contributed by atoms with Crippen LogP contribution in [0.2, 0.25) is 5.02 Å². The highest BCUT2D eigenvalue weighted by atomic mass is 35.5. The minimum absolute atomic E-state index is 0.248. The van der Waals surface area contributed by atoms with E-state index in [1.54, 1.807) is 12.1 Å². The first kappa shape index (κ1) is 20.3. The van der Waals surface area contributed by atoms with Gasteiger partial charge in [-0.1, -0.05) is 11.6 Å². The lowest BCUT2D eigenvalue weighted by Gasteiger charge is -2.13. The molecule has 1 aromatic heterocycles. The molecule has 1 amide bonds. The zero-order valence-corrected chi connectivity index (χ0v) is 16.5. The van der Waals surface area contributed by atoms with Gasteiger partial charge in [-0.25, -0.2) is 4.72 Å². The second-order valence-electron chi connectivity index (χ2n) is 6.51. The van der Waals surface area contributed by atoms with Crippen LogP contribution in [0.3, 0.4) is 0 Å². The number of furan rings is 1. The Labute approximate surface area is 157 Å². The summed E-state index contributed by atoms with van der Waals surface area (Å²) in [5.41, 5.74) is 1.42. The zero-order chi connectivity index (χ0) is 19.7. The Balaban J connectivity index is 2.06. The summed E-state index contributed by atoms with van der Waals surface area (Å²) >= 11 is 5.96. The van der Waals surface area contributed by atoms with Gasteiger partial charge < -0.3 is 14.8 Å². The van der Waals surface area contributed by atoms with Crippen LogP contribution in [0.15, 0.2) is 34.0 Å². The normalized spacial score (nSPS) is 12.1. The van der Waals surface area contributed by atoms with Gasteiger partial charge in [0, 0.05) is 22.3 Å². The molecule has 0 aliphatic rings. The SMILES string of the molecule is Cc1cc(Cl)cc(C)c1NCC(=O)NS(=O)(=O)c1cc(C(C)(C)O)co1. The van der Waals surface area contributed by atoms with Crippen LogP contribution in [0, 0.1) is 13.8 Å². The first-order valence-corrected chi connectivity index (χ1v) is 9.64. The van der Waals surface area contributed by atoms with Crippen LogP contribution in [0.4, 0.5) is 5.69 Å². The highest BCUT2D eigenvalue weighted by Crippen LogP contribution is 2.25. The molecule has 26 heavy (non-hydrogen) atoms. The lowest BCUT2D eigenvalue weighted by molar-refractivity contribution is -0.117. The van der Waals surface area contributed by atoms with Crippen LogP contribution in [0.25, 0.3) is 0 Å². The minimum Gasteiger partial charge on any atom is -0.451 e. The lowest BCUT2D eigenvalue weighted by atomic mass is 10.0. The van der Waals surface area contributed by atoms with Crippen molar-refractivity contribution in [1.82, 2.24) is 4.72 Å². The molecule has 2 aromatic rings. The molecule has 9 heteroatoms. The third-order valence-electron chi connectivity index (χ3n) is 3.72. The monoisotopic (exact) mass is 400 g/mol. The number of amides is 1. The number of sulfonamides is 1. The summed E-state index contributed by atoms with van der Waals surface area (Å²) in [6.07, 6.45) is 1.14. The van der Waals surface area contributed by atoms with Gasteiger partial charge in [-0.15, -0.1) is 0 Å². The Morgan fingerprint density at radius 2 is 1.81 bits per heavy atom. The van der Waals surface area contributed by atoms with Gasteiger partial charge in [-0.2, -0.15) is 8.42 Å². The summed E-state index contributed by atoms with van der Waals surface area (Å²) in [7, 11) is -4.17. The van der Waals surface area contributed by atoms with Gasteiger partial charge in [0.2, 0.25) is 5.09 Å². The lowest BCUT2D eigenvalue weighted by Crippen LogP contribution is -2.35. The van der Waals surface area contributed by atoms with E-state index in [9.17, 15) is 18.3 Å². The summed E-state index contributed by atoms with van der Waals surface area (Å²) in [6, 6.07) is 4.66. The number of hydrogen-bond donors (Lipinski definition) is 3. The van der Waals surface area contributed by atoms with Gasteiger partial charge in [0.1, 0.15) is 0 Å². The predicted octanol–water partition coefficient (Wildman–Crippen LogP) is 2.69. The van der Waals surface area contributed by atoms with Crippen molar-refractivity contribution < 1.29 is 22.7 Å². The highest BCUT2D eigenvalue weighted by Gasteiger charge is 2.26. The van der Waals surface area contributed by atoms with Gasteiger partial charge in [0.05, 0.1) is 18.4 Å². The number of aliphatic hydroxyl groups is 1. The van der Waals surface area contributed by atoms with E-state index >= 15 is 0 Å². The maximum atomic E-state index is 12.2. The van der Waals surface area contributed by atoms with E-state index in [4.69, 9.17) is 16.0 Å². The molecule has 0 saturated carbocycles. The summed E-state index contributed by atoms with van der Waals surface area (Å²) in [4.78, 5) is 12.0. The largest absolute Gasteiger partial charge is 0.451 e. The number of nitrogens with one attached hydrogen (secondary N) is 2. The second kappa shape index (κ2) is 7.30. The topological polar surface area (TPSA) is 109 Å². The highest BCUT2D eigenvalue weighted by molar-refractivity contribution is 7.89. The molecule has 2 rings (SSSR count). The van der Waals surface area contributed by atoms with Crippen LogP contribution in [-0.2, 0) is 20.4 Å². The molecule has 7 nitrogen and oxygen atoms in total. The minimum atomic E-state index is -4.17. The van der Waals surface area contributed by atoms with Crippen LogP contribution < -0.4 is 10.0 Å². The van der Waals surface area contributed by atoms with Crippen molar-refractivity contribution in [2.45, 2.75) is 38.4 Å². The summed E-state index contributed by atoms with van der Waals surface area (Å²) in [5.74, 6) is -0.750. The maximum Gasteiger partial charge on any atom is 0.297 e. The van der Waals surface area contributed by atoms with Crippen molar-refractivity contribution in [2.75, 3.05) is 11.9 Å². The first-order chi connectivity index (χ1) is 11.9. The number of hydrogen-bond acceptors (Lipinski definition) is 6. The average molecular weight is 401 g/mol. The molecule has 1 heterocycles. The molecule has 3 N–H and O–H groups in total. The van der Waals surface area contributed by atoms with Gasteiger partial charge in [-0.05, 0) is 51.0 Å². The summed E-state index contributed by atoms with van der Waals surface area (Å²) in [6.45, 7) is 6.40. The molecule has 0 spiro atoms. The van der Waals surface area contributed by atoms with Gasteiger partial charge in [0.15, 0.2) is 0 Å². The van der Waals surface area contributed by atoms with E-state index in [1.165, 1.54) is 19.9 Å². The van der Waals surface area contributed by atoms with Gasteiger partial charge >= 0.3 is 0 Å². The number of benzene rings is 1. The number of halogens is 1. The third kappa shape index (κ3) is 4.78. The van der Waals surface area contributed by atoms with E-state index in [-0.39, 0.29) is 12.1 Å². The molecule has 1 aromatic carbocycles. The standard InChI is InChI=1S/C17H21ClN2O5S/c1-10-5-13(18)6-11(2)16(10)19-8-14(21)20-26(23,24)15-7-12(9-25-15)17(3,4)22/h5-7,9,19,22H,8H2,1-4H3,(H,20,21). The third-order valence-corrected chi connectivity index (χ3v) is 5.18. The van der Waals surface area contributed by atoms with Crippen LogP contribution in [0.5, 0.6) is 0 Å². The van der Waals surface area contributed by atoms with E-state index in [0.717, 1.165) is 17.4 Å². The van der Waals surface area contributed by atoms with Crippen molar-refractivity contribution in [1.29, 1.82) is 0 Å². The summed E-state index contributed by atoms with van der Waals surface area (Å²) in [5, 5.41) is 12.9. The van der Waals surface area contributed by atoms with Crippen molar-refractivity contribution in [3.63, 3.8) is 0 Å². The zero-order valence-electron chi connectivity index (χ0n) is 14.9. The molecule has 0 unspecified atom stereocenters. The quantitative estimate of drug-likeness (QED) is 0.687. The van der Waals surface area contributed by atoms with E-state index < -0.39 is 26.6 Å². The molecule has 0 bridgehead atoms. The second-order valence-corrected chi connectivity index (χ2v) is 8.56. The van der Waals surface area contributed by atoms with Crippen LogP contribution in [0.1, 0.15) is 30.5 Å². The Morgan fingerprint density at radius 3 is 2.31 bits per heavy atom. The number of rotatable bonds is 6. The maximum absolute atomic E-state index is 12.2. The van der Waals surface area contributed by atoms with Crippen molar-refractivity contribution in [2.24, 2.45) is 0 Å². The Bertz CT molecular complexity index is 906. The van der Waals surface area contributed by atoms with Gasteiger partial charge in [-0.3, -0.25) is 4.79 Å². The summed E-state index contributed by atoms with van der Waals surface area (Å²) < 4.78 is 31.3. The average Bonchev–Trinajstić information content (AvgIpc) is 2.96. The predicted molar refractivity (Wildman–Crippen MR) is 98.7 cm³/mol. The van der Waals surface area contributed by atoms with Crippen molar-refractivity contribution in [3.05, 3.63) is 46.2 Å². The Kier molecular flexibility index (Phi) is 5.70. The molecule has 0 atom stereocenters. The molecule has 142 valence electrons. The number of anilines is 1. The van der Waals surface area contributed by atoms with E-state index in [1.807, 2.05) is 18.6 Å².